The predicted molar refractivity (Wildman–Crippen MR) is 258 cm³/mol. The first kappa shape index (κ1) is 51.2. The number of cyclic esters (lactones) is 1. The zero-order valence-electron chi connectivity index (χ0n) is 37.4. The van der Waals surface area contributed by atoms with Crippen LogP contribution in [0, 0.1) is 34.6 Å². The van der Waals surface area contributed by atoms with Crippen molar-refractivity contribution in [3.05, 3.63) is 160 Å². The monoisotopic (exact) mass is 896 g/mol. The maximum atomic E-state index is 11.4. The molecule has 5 aromatic carbocycles. The molecular formula is C48H60N6O7S2. The van der Waals surface area contributed by atoms with E-state index < -0.39 is 10.0 Å². The van der Waals surface area contributed by atoms with Gasteiger partial charge in [-0.3, -0.25) is 14.5 Å². The normalized spacial score (nSPS) is 12.4. The lowest BCUT2D eigenvalue weighted by Gasteiger charge is -2.13. The van der Waals surface area contributed by atoms with Gasteiger partial charge in [-0.25, -0.2) is 17.5 Å². The van der Waals surface area contributed by atoms with Crippen molar-refractivity contribution in [1.82, 2.24) is 9.21 Å². The molecular weight excluding hydrogens is 837 g/mol. The number of hydrogen-bond donors (Lipinski definition) is 3. The second kappa shape index (κ2) is 25.7. The molecule has 336 valence electrons. The highest BCUT2D eigenvalue weighted by Gasteiger charge is 2.25. The van der Waals surface area contributed by atoms with Gasteiger partial charge in [0.1, 0.15) is 13.2 Å². The molecule has 0 aliphatic carbocycles. The molecule has 2 heterocycles. The summed E-state index contributed by atoms with van der Waals surface area (Å²) < 4.78 is 33.1. The quantitative estimate of drug-likeness (QED) is 0.0976. The third kappa shape index (κ3) is 20.1. The fraction of sp³-hybridized carbons (Fsp3) is 0.292. The smallest absolute Gasteiger partial charge is 0.414 e. The lowest BCUT2D eigenvalue weighted by molar-refractivity contribution is -0.119. The van der Waals surface area contributed by atoms with Crippen LogP contribution in [0.1, 0.15) is 43.7 Å². The molecule has 0 saturated carbocycles. The van der Waals surface area contributed by atoms with E-state index in [-0.39, 0.29) is 24.5 Å². The second-order valence-corrected chi connectivity index (χ2v) is 17.5. The van der Waals surface area contributed by atoms with Crippen LogP contribution < -0.4 is 21.3 Å². The number of methoxy groups -OCH3 is 1. The number of nitrogens with two attached hydrogens (primary N) is 1. The number of ether oxygens (including phenoxy) is 2. The Balaban J connectivity index is 0.000000210. The molecule has 63 heavy (non-hydrogen) atoms. The zero-order valence-corrected chi connectivity index (χ0v) is 39.0. The van der Waals surface area contributed by atoms with Crippen LogP contribution in [0.5, 0.6) is 0 Å². The Morgan fingerprint density at radius 2 is 1.27 bits per heavy atom. The Morgan fingerprint density at radius 3 is 1.73 bits per heavy atom. The van der Waals surface area contributed by atoms with Crippen molar-refractivity contribution in [1.29, 1.82) is 0 Å². The van der Waals surface area contributed by atoms with E-state index in [4.69, 9.17) is 10.5 Å². The highest BCUT2D eigenvalue weighted by Crippen LogP contribution is 2.19. The Kier molecular flexibility index (Phi) is 20.9. The van der Waals surface area contributed by atoms with Crippen molar-refractivity contribution in [3.8, 4) is 0 Å². The molecule has 0 unspecified atom stereocenters. The van der Waals surface area contributed by atoms with E-state index in [1.54, 1.807) is 11.9 Å². The van der Waals surface area contributed by atoms with Crippen LogP contribution in [0.25, 0.3) is 0 Å². The van der Waals surface area contributed by atoms with Gasteiger partial charge in [0, 0.05) is 56.4 Å². The number of rotatable bonds is 9. The average molecular weight is 897 g/mol. The number of benzene rings is 5. The lowest BCUT2D eigenvalue weighted by atomic mass is 10.1. The molecule has 0 spiro atoms. The summed E-state index contributed by atoms with van der Waals surface area (Å²) in [6, 6.07) is 38.9. The summed E-state index contributed by atoms with van der Waals surface area (Å²) in [5, 5.41) is 5.86. The van der Waals surface area contributed by atoms with Crippen LogP contribution in [0.3, 0.4) is 0 Å². The summed E-state index contributed by atoms with van der Waals surface area (Å²) in [6.07, 6.45) is 0.963. The van der Waals surface area contributed by atoms with Crippen molar-refractivity contribution in [2.24, 2.45) is 5.73 Å². The standard InChI is InChI=1S/C10H15NO2S.C10H11NO2.C10H13NO2.C10H11NO.C8H10N2S/c1-9-4-6-10(7-5-9)8-11(2)14(3,12)13;1-8-2-4-9(5-3-8)11-6-7-13-10(11)12;1-8-3-5-9(6-4-8)11-10(12)7-13-2;1-8-2-4-9(5-3-8)10(12)11-6-7-11;1-6-3-2-4-7(5-6)10-8(9)11/h4-7H,8H2,1-3H3;2-5H,6-7H2,1H3;3-6H,7H2,1-2H3,(H,11,12);2-5H,6-7H2,1H3;2-5H,1H3,(H3,9,10,11). The summed E-state index contributed by atoms with van der Waals surface area (Å²) in [6.45, 7) is 13.6. The molecule has 0 radical (unpaired) electrons. The van der Waals surface area contributed by atoms with E-state index in [9.17, 15) is 22.8 Å². The Bertz CT molecular complexity index is 2340. The van der Waals surface area contributed by atoms with Crippen LogP contribution in [-0.2, 0) is 30.8 Å². The summed E-state index contributed by atoms with van der Waals surface area (Å²) in [7, 11) is -0.00449. The Hall–Kier alpha value is -6.13. The third-order valence-corrected chi connectivity index (χ3v) is 10.5. The van der Waals surface area contributed by atoms with Gasteiger partial charge in [0.15, 0.2) is 5.11 Å². The molecule has 0 bridgehead atoms. The topological polar surface area (TPSA) is 163 Å². The number of aryl methyl sites for hydroxylation is 5. The van der Waals surface area contributed by atoms with E-state index in [2.05, 4.69) is 27.6 Å². The molecule has 0 atom stereocenters. The number of anilines is 3. The van der Waals surface area contributed by atoms with E-state index in [1.807, 2.05) is 161 Å². The van der Waals surface area contributed by atoms with Crippen molar-refractivity contribution < 1.29 is 32.3 Å². The Morgan fingerprint density at radius 1 is 0.746 bits per heavy atom. The second-order valence-electron chi connectivity index (χ2n) is 15.0. The summed E-state index contributed by atoms with van der Waals surface area (Å²) >= 11 is 4.69. The van der Waals surface area contributed by atoms with Crippen LogP contribution in [0.4, 0.5) is 21.9 Å². The molecule has 15 heteroatoms. The van der Waals surface area contributed by atoms with E-state index in [0.717, 1.165) is 41.3 Å². The van der Waals surface area contributed by atoms with E-state index in [1.165, 1.54) is 45.5 Å². The molecule has 0 aromatic heterocycles. The minimum Gasteiger partial charge on any atom is -0.447 e. The number of carbonyl (C=O) groups excluding carboxylic acids is 3. The first-order valence-corrected chi connectivity index (χ1v) is 22.4. The van der Waals surface area contributed by atoms with Gasteiger partial charge in [0.25, 0.3) is 5.91 Å². The maximum Gasteiger partial charge on any atom is 0.414 e. The first-order valence-electron chi connectivity index (χ1n) is 20.2. The fourth-order valence-electron chi connectivity index (χ4n) is 5.38. The van der Waals surface area contributed by atoms with E-state index in [0.29, 0.717) is 24.8 Å². The van der Waals surface area contributed by atoms with Crippen LogP contribution in [-0.4, -0.2) is 93.9 Å². The van der Waals surface area contributed by atoms with Gasteiger partial charge in [-0.1, -0.05) is 95.1 Å². The number of hydrogen-bond acceptors (Lipinski definition) is 8. The van der Waals surface area contributed by atoms with Gasteiger partial charge in [-0.2, -0.15) is 0 Å². The number of carbonyl (C=O) groups is 3. The molecule has 2 aliphatic heterocycles. The zero-order chi connectivity index (χ0) is 46.5. The highest BCUT2D eigenvalue weighted by molar-refractivity contribution is 7.88. The van der Waals surface area contributed by atoms with Gasteiger partial charge in [-0.05, 0) is 106 Å². The number of nitrogens with zero attached hydrogens (tertiary/aromatic N) is 3. The van der Waals surface area contributed by atoms with Crippen LogP contribution >= 0.6 is 12.2 Å². The van der Waals surface area contributed by atoms with Gasteiger partial charge in [-0.15, -0.1) is 0 Å². The van der Waals surface area contributed by atoms with Crippen LogP contribution in [0.2, 0.25) is 0 Å². The van der Waals surface area contributed by atoms with Crippen molar-refractivity contribution in [3.63, 3.8) is 0 Å². The molecule has 13 nitrogen and oxygen atoms in total. The summed E-state index contributed by atoms with van der Waals surface area (Å²) in [5.41, 5.74) is 15.7. The number of sulfonamides is 1. The highest BCUT2D eigenvalue weighted by atomic mass is 32.2. The van der Waals surface area contributed by atoms with Crippen molar-refractivity contribution >= 4 is 62.3 Å². The van der Waals surface area contributed by atoms with Crippen molar-refractivity contribution in [2.75, 3.05) is 68.8 Å². The summed E-state index contributed by atoms with van der Waals surface area (Å²) in [5.74, 6) is 0.0290. The lowest BCUT2D eigenvalue weighted by Crippen LogP contribution is -2.24. The maximum absolute atomic E-state index is 11.4. The van der Waals surface area contributed by atoms with Gasteiger partial charge < -0.3 is 30.7 Å². The first-order chi connectivity index (χ1) is 29.8. The van der Waals surface area contributed by atoms with Crippen molar-refractivity contribution in [2.45, 2.75) is 41.2 Å². The third-order valence-electron chi connectivity index (χ3n) is 9.13. The molecule has 5 aromatic rings. The molecule has 2 saturated heterocycles. The summed E-state index contributed by atoms with van der Waals surface area (Å²) in [4.78, 5) is 37.1. The number of nitrogens with one attached hydrogen (secondary N) is 2. The van der Waals surface area contributed by atoms with Gasteiger partial charge in [0.05, 0.1) is 12.8 Å². The average Bonchev–Trinajstić information content (AvgIpc) is 4.00. The number of thiocarbonyl (C=S) groups is 1. The van der Waals surface area contributed by atoms with Gasteiger partial charge >= 0.3 is 6.09 Å². The molecule has 7 rings (SSSR count). The van der Waals surface area contributed by atoms with E-state index >= 15 is 0 Å². The van der Waals surface area contributed by atoms with Gasteiger partial charge in [0.2, 0.25) is 15.9 Å². The largest absolute Gasteiger partial charge is 0.447 e. The SMILES string of the molecule is COCC(=O)Nc1ccc(C)cc1.Cc1ccc(C(=O)N2CC2)cc1.Cc1ccc(CN(C)S(C)(=O)=O)cc1.Cc1ccc(N2CCOC2=O)cc1.Cc1cccc(NC(N)=S)c1. The Labute approximate surface area is 378 Å². The molecule has 4 N–H and O–H groups in total. The minimum atomic E-state index is -3.08. The molecule has 3 amide bonds. The predicted octanol–water partition coefficient (Wildman–Crippen LogP) is 8.02. The fourth-order valence-corrected chi connectivity index (χ4v) is 5.88. The molecule has 2 aliphatic rings. The number of amides is 3. The minimum absolute atomic E-state index is 0.0911. The molecule has 2 fully saturated rings. The van der Waals surface area contributed by atoms with Crippen LogP contribution in [0.15, 0.2) is 121 Å².